The third kappa shape index (κ3) is 2.48. The Kier molecular flexibility index (Phi) is 3.71. The lowest BCUT2D eigenvalue weighted by Gasteiger charge is -2.10. The van der Waals surface area contributed by atoms with E-state index in [-0.39, 0.29) is 6.07 Å². The molecule has 0 spiro atoms. The standard InChI is InChI=1S/C11H2F8N2/c12-2-1-3(13)11(21-10(2)19)20-9-7(17)5(15)4(14)6(16)8(9)18/h1H,(H,20,21). The molecular weight excluding hydrogens is 312 g/mol. The van der Waals surface area contributed by atoms with Crippen molar-refractivity contribution in [2.24, 2.45) is 0 Å². The molecule has 0 unspecified atom stereocenters. The van der Waals surface area contributed by atoms with Crippen molar-refractivity contribution in [3.05, 3.63) is 52.7 Å². The fourth-order valence-electron chi connectivity index (χ4n) is 1.36. The molecule has 2 nitrogen and oxygen atoms in total. The molecule has 0 atom stereocenters. The van der Waals surface area contributed by atoms with Gasteiger partial charge >= 0.3 is 0 Å². The summed E-state index contributed by atoms with van der Waals surface area (Å²) < 4.78 is 104. The van der Waals surface area contributed by atoms with Gasteiger partial charge in [0.25, 0.3) is 5.95 Å². The maximum Gasteiger partial charge on any atom is 0.251 e. The van der Waals surface area contributed by atoms with E-state index in [9.17, 15) is 35.1 Å². The fourth-order valence-corrected chi connectivity index (χ4v) is 1.36. The molecule has 0 saturated carbocycles. The zero-order chi connectivity index (χ0) is 15.9. The van der Waals surface area contributed by atoms with Crippen LogP contribution in [-0.2, 0) is 0 Å². The molecule has 1 aromatic heterocycles. The molecule has 1 heterocycles. The molecule has 0 aliphatic rings. The first-order valence-electron chi connectivity index (χ1n) is 5.04. The van der Waals surface area contributed by atoms with E-state index in [0.717, 1.165) is 0 Å². The number of aromatic nitrogens is 1. The van der Waals surface area contributed by atoms with Gasteiger partial charge in [0.1, 0.15) is 5.69 Å². The molecule has 0 aliphatic heterocycles. The van der Waals surface area contributed by atoms with Gasteiger partial charge in [0.2, 0.25) is 5.82 Å². The Morgan fingerprint density at radius 2 is 1.14 bits per heavy atom. The van der Waals surface area contributed by atoms with Crippen LogP contribution in [0.2, 0.25) is 0 Å². The van der Waals surface area contributed by atoms with Crippen molar-refractivity contribution in [1.82, 2.24) is 4.98 Å². The maximum atomic E-state index is 13.3. The number of rotatable bonds is 2. The maximum absolute atomic E-state index is 13.3. The second-order valence-corrected chi connectivity index (χ2v) is 3.66. The molecular formula is C11H2F8N2. The quantitative estimate of drug-likeness (QED) is 0.393. The van der Waals surface area contributed by atoms with Crippen LogP contribution in [0.5, 0.6) is 0 Å². The zero-order valence-corrected chi connectivity index (χ0v) is 9.55. The second-order valence-electron chi connectivity index (χ2n) is 3.66. The number of hydrogen-bond donors (Lipinski definition) is 1. The van der Waals surface area contributed by atoms with Crippen molar-refractivity contribution in [2.45, 2.75) is 0 Å². The largest absolute Gasteiger partial charge is 0.333 e. The van der Waals surface area contributed by atoms with Crippen LogP contribution < -0.4 is 5.32 Å². The molecule has 21 heavy (non-hydrogen) atoms. The average molecular weight is 314 g/mol. The van der Waals surface area contributed by atoms with Crippen LogP contribution in [0.4, 0.5) is 46.6 Å². The van der Waals surface area contributed by atoms with E-state index >= 15 is 0 Å². The monoisotopic (exact) mass is 314 g/mol. The normalized spacial score (nSPS) is 10.9. The number of pyridine rings is 1. The summed E-state index contributed by atoms with van der Waals surface area (Å²) >= 11 is 0. The van der Waals surface area contributed by atoms with Gasteiger partial charge in [-0.15, -0.1) is 0 Å². The van der Waals surface area contributed by atoms with Gasteiger partial charge in [-0.2, -0.15) is 9.37 Å². The molecule has 1 aromatic carbocycles. The van der Waals surface area contributed by atoms with Crippen LogP contribution in [0, 0.1) is 46.7 Å². The van der Waals surface area contributed by atoms with Gasteiger partial charge in [0, 0.05) is 6.07 Å². The van der Waals surface area contributed by atoms with Crippen molar-refractivity contribution in [3.8, 4) is 0 Å². The third-order valence-corrected chi connectivity index (χ3v) is 2.34. The molecule has 0 fully saturated rings. The van der Waals surface area contributed by atoms with Gasteiger partial charge in [-0.05, 0) is 0 Å². The van der Waals surface area contributed by atoms with Crippen LogP contribution in [-0.4, -0.2) is 4.98 Å². The molecule has 0 bridgehead atoms. The fraction of sp³-hybridized carbons (Fsp3) is 0. The Balaban J connectivity index is 2.58. The minimum absolute atomic E-state index is 0.0171. The first kappa shape index (κ1) is 15.0. The summed E-state index contributed by atoms with van der Waals surface area (Å²) in [5.74, 6) is -18.0. The summed E-state index contributed by atoms with van der Waals surface area (Å²) in [7, 11) is 0. The van der Waals surface area contributed by atoms with Gasteiger partial charge in [0.15, 0.2) is 40.7 Å². The molecule has 2 rings (SSSR count). The third-order valence-electron chi connectivity index (χ3n) is 2.34. The molecule has 0 saturated heterocycles. The smallest absolute Gasteiger partial charge is 0.251 e. The summed E-state index contributed by atoms with van der Waals surface area (Å²) in [6.07, 6.45) is 0. The lowest BCUT2D eigenvalue weighted by atomic mass is 10.2. The van der Waals surface area contributed by atoms with E-state index in [2.05, 4.69) is 4.98 Å². The number of nitrogens with zero attached hydrogens (tertiary/aromatic N) is 1. The van der Waals surface area contributed by atoms with Crippen molar-refractivity contribution >= 4 is 11.5 Å². The van der Waals surface area contributed by atoms with Crippen molar-refractivity contribution in [1.29, 1.82) is 0 Å². The number of benzene rings is 1. The topological polar surface area (TPSA) is 24.9 Å². The van der Waals surface area contributed by atoms with E-state index in [1.165, 1.54) is 5.32 Å². The number of anilines is 2. The van der Waals surface area contributed by atoms with E-state index in [0.29, 0.717) is 0 Å². The van der Waals surface area contributed by atoms with E-state index in [1.54, 1.807) is 0 Å². The van der Waals surface area contributed by atoms with Crippen molar-refractivity contribution in [2.75, 3.05) is 5.32 Å². The van der Waals surface area contributed by atoms with Crippen molar-refractivity contribution < 1.29 is 35.1 Å². The van der Waals surface area contributed by atoms with Gasteiger partial charge in [-0.1, -0.05) is 0 Å². The average Bonchev–Trinajstić information content (AvgIpc) is 2.44. The summed E-state index contributed by atoms with van der Waals surface area (Å²) in [5, 5.41) is 1.40. The number of hydrogen-bond acceptors (Lipinski definition) is 2. The van der Waals surface area contributed by atoms with E-state index < -0.39 is 58.2 Å². The van der Waals surface area contributed by atoms with Crippen LogP contribution in [0.25, 0.3) is 0 Å². The minimum atomic E-state index is -2.42. The Labute approximate surface area is 111 Å². The highest BCUT2D eigenvalue weighted by Gasteiger charge is 2.27. The van der Waals surface area contributed by atoms with Crippen LogP contribution in [0.15, 0.2) is 6.07 Å². The highest BCUT2D eigenvalue weighted by atomic mass is 19.2. The van der Waals surface area contributed by atoms with Gasteiger partial charge < -0.3 is 5.32 Å². The predicted octanol–water partition coefficient (Wildman–Crippen LogP) is 3.94. The Morgan fingerprint density at radius 1 is 0.667 bits per heavy atom. The molecule has 10 heteroatoms. The highest BCUT2D eigenvalue weighted by Crippen LogP contribution is 2.30. The number of nitrogens with one attached hydrogen (secondary N) is 1. The van der Waals surface area contributed by atoms with E-state index in [4.69, 9.17) is 0 Å². The second kappa shape index (κ2) is 5.19. The first-order valence-corrected chi connectivity index (χ1v) is 5.04. The van der Waals surface area contributed by atoms with Gasteiger partial charge in [-0.3, -0.25) is 0 Å². The summed E-state index contributed by atoms with van der Waals surface area (Å²) in [4.78, 5) is 2.63. The van der Waals surface area contributed by atoms with Crippen molar-refractivity contribution in [3.63, 3.8) is 0 Å². The summed E-state index contributed by atoms with van der Waals surface area (Å²) in [6, 6.07) is -0.0171. The number of halogens is 8. The van der Waals surface area contributed by atoms with Crippen LogP contribution >= 0.6 is 0 Å². The molecule has 0 amide bonds. The predicted molar refractivity (Wildman–Crippen MR) is 53.6 cm³/mol. The summed E-state index contributed by atoms with van der Waals surface area (Å²) in [5.41, 5.74) is -1.65. The Bertz CT molecular complexity index is 702. The van der Waals surface area contributed by atoms with Crippen LogP contribution in [0.3, 0.4) is 0 Å². The lowest BCUT2D eigenvalue weighted by molar-refractivity contribution is 0.382. The van der Waals surface area contributed by atoms with Gasteiger partial charge in [-0.25, -0.2) is 30.7 Å². The molecule has 0 radical (unpaired) electrons. The molecule has 112 valence electrons. The summed E-state index contributed by atoms with van der Waals surface area (Å²) in [6.45, 7) is 0. The Morgan fingerprint density at radius 3 is 1.67 bits per heavy atom. The lowest BCUT2D eigenvalue weighted by Crippen LogP contribution is -2.09. The minimum Gasteiger partial charge on any atom is -0.333 e. The zero-order valence-electron chi connectivity index (χ0n) is 9.55. The molecule has 1 N–H and O–H groups in total. The van der Waals surface area contributed by atoms with Crippen LogP contribution in [0.1, 0.15) is 0 Å². The van der Waals surface area contributed by atoms with Gasteiger partial charge in [0.05, 0.1) is 0 Å². The Hall–Kier alpha value is -2.39. The first-order chi connectivity index (χ1) is 9.73. The SMILES string of the molecule is Fc1cc(F)c(Nc2c(F)c(F)c(F)c(F)c2F)nc1F. The molecule has 2 aromatic rings. The highest BCUT2D eigenvalue weighted by molar-refractivity contribution is 5.58. The molecule has 0 aliphatic carbocycles. The van der Waals surface area contributed by atoms with E-state index in [1.807, 2.05) is 0 Å².